The molecule has 0 heterocycles. The Labute approximate surface area is 91.3 Å². The van der Waals surface area contributed by atoms with Crippen LogP contribution < -0.4 is 0 Å². The maximum atomic E-state index is 10.6. The van der Waals surface area contributed by atoms with E-state index in [1.165, 1.54) is 0 Å². The van der Waals surface area contributed by atoms with Crippen molar-refractivity contribution in [1.29, 1.82) is 0 Å². The molecule has 0 aromatic heterocycles. The molecular formula is C10H11NO5. The highest BCUT2D eigenvalue weighted by molar-refractivity contribution is 5.72. The van der Waals surface area contributed by atoms with Gasteiger partial charge in [-0.05, 0) is 5.56 Å². The van der Waals surface area contributed by atoms with Crippen molar-refractivity contribution in [2.75, 3.05) is 0 Å². The second-order valence-corrected chi connectivity index (χ2v) is 3.33. The van der Waals surface area contributed by atoms with Crippen molar-refractivity contribution in [2.24, 2.45) is 0 Å². The molecule has 2 N–H and O–H groups in total. The van der Waals surface area contributed by atoms with Gasteiger partial charge < -0.3 is 10.2 Å². The molecule has 2 unspecified atom stereocenters. The highest BCUT2D eigenvalue weighted by Gasteiger charge is 2.35. The van der Waals surface area contributed by atoms with Gasteiger partial charge in [-0.2, -0.15) is 0 Å². The zero-order valence-corrected chi connectivity index (χ0v) is 8.31. The van der Waals surface area contributed by atoms with Gasteiger partial charge in [-0.3, -0.25) is 10.1 Å². The van der Waals surface area contributed by atoms with E-state index in [0.717, 1.165) is 0 Å². The van der Waals surface area contributed by atoms with Crippen LogP contribution in [0.5, 0.6) is 0 Å². The summed E-state index contributed by atoms with van der Waals surface area (Å²) in [4.78, 5) is 20.3. The second-order valence-electron chi connectivity index (χ2n) is 3.33. The Kier molecular flexibility index (Phi) is 3.96. The average Bonchev–Trinajstić information content (AvgIpc) is 2.26. The molecule has 0 aliphatic rings. The van der Waals surface area contributed by atoms with Gasteiger partial charge in [0.2, 0.25) is 6.10 Å². The third-order valence-electron chi connectivity index (χ3n) is 2.18. The first kappa shape index (κ1) is 12.1. The Bertz CT molecular complexity index is 378. The topological polar surface area (TPSA) is 101 Å². The van der Waals surface area contributed by atoms with Gasteiger partial charge >= 0.3 is 5.97 Å². The molecule has 1 aromatic carbocycles. The smallest absolute Gasteiger partial charge is 0.339 e. The summed E-state index contributed by atoms with van der Waals surface area (Å²) < 4.78 is 0. The minimum Gasteiger partial charge on any atom is -0.479 e. The van der Waals surface area contributed by atoms with Gasteiger partial charge in [-0.25, -0.2) is 4.79 Å². The number of rotatable bonds is 5. The molecule has 6 nitrogen and oxygen atoms in total. The molecule has 0 spiro atoms. The van der Waals surface area contributed by atoms with Gasteiger partial charge in [0.25, 0.3) is 6.04 Å². The van der Waals surface area contributed by atoms with E-state index in [0.29, 0.717) is 5.56 Å². The minimum absolute atomic E-state index is 0.110. The van der Waals surface area contributed by atoms with Crippen LogP contribution in [0.25, 0.3) is 0 Å². The Morgan fingerprint density at radius 2 is 1.94 bits per heavy atom. The molecular weight excluding hydrogens is 214 g/mol. The standard InChI is InChI=1S/C10H11NO5/c12-9(10(13)14)8(11(15)16)6-7-4-2-1-3-5-7/h1-5,8-9,12H,6H2,(H,13,14). The lowest BCUT2D eigenvalue weighted by atomic mass is 10.0. The minimum atomic E-state index is -1.99. The highest BCUT2D eigenvalue weighted by atomic mass is 16.6. The normalized spacial score (nSPS) is 14.1. The summed E-state index contributed by atoms with van der Waals surface area (Å²) in [5.41, 5.74) is 0.615. The number of hydrogen-bond acceptors (Lipinski definition) is 4. The number of carbonyl (C=O) groups is 1. The van der Waals surface area contributed by atoms with E-state index in [1.807, 2.05) is 0 Å². The third kappa shape index (κ3) is 3.03. The summed E-state index contributed by atoms with van der Waals surface area (Å²) in [5, 5.41) is 28.3. The maximum absolute atomic E-state index is 10.6. The summed E-state index contributed by atoms with van der Waals surface area (Å²) in [7, 11) is 0. The number of aliphatic hydroxyl groups is 1. The van der Waals surface area contributed by atoms with Crippen molar-refractivity contribution in [3.63, 3.8) is 0 Å². The molecule has 0 bridgehead atoms. The number of hydrogen-bond donors (Lipinski definition) is 2. The molecule has 0 saturated heterocycles. The fraction of sp³-hybridized carbons (Fsp3) is 0.300. The van der Waals surface area contributed by atoms with Crippen LogP contribution in [0, 0.1) is 10.1 Å². The van der Waals surface area contributed by atoms with Crippen molar-refractivity contribution >= 4 is 5.97 Å². The molecule has 2 atom stereocenters. The number of aliphatic hydroxyl groups excluding tert-OH is 1. The summed E-state index contributed by atoms with van der Waals surface area (Å²) in [6.07, 6.45) is -2.10. The van der Waals surface area contributed by atoms with E-state index >= 15 is 0 Å². The number of carboxylic acid groups (broad SMARTS) is 1. The number of nitro groups is 1. The van der Waals surface area contributed by atoms with Crippen LogP contribution in [0.2, 0.25) is 0 Å². The monoisotopic (exact) mass is 225 g/mol. The van der Waals surface area contributed by atoms with Crippen molar-refractivity contribution < 1.29 is 19.9 Å². The lowest BCUT2D eigenvalue weighted by Gasteiger charge is -2.12. The van der Waals surface area contributed by atoms with Crippen LogP contribution in [-0.2, 0) is 11.2 Å². The maximum Gasteiger partial charge on any atom is 0.339 e. The van der Waals surface area contributed by atoms with E-state index in [4.69, 9.17) is 5.11 Å². The quantitative estimate of drug-likeness (QED) is 0.555. The van der Waals surface area contributed by atoms with Crippen LogP contribution in [0.3, 0.4) is 0 Å². The van der Waals surface area contributed by atoms with Crippen LogP contribution in [0.4, 0.5) is 0 Å². The fourth-order valence-corrected chi connectivity index (χ4v) is 1.32. The first-order chi connectivity index (χ1) is 7.52. The lowest BCUT2D eigenvalue weighted by molar-refractivity contribution is -0.531. The Hall–Kier alpha value is -1.95. The van der Waals surface area contributed by atoms with Gasteiger partial charge in [0.05, 0.1) is 0 Å². The van der Waals surface area contributed by atoms with Gasteiger partial charge in [0.1, 0.15) is 0 Å². The van der Waals surface area contributed by atoms with Crippen LogP contribution in [-0.4, -0.2) is 33.3 Å². The summed E-state index contributed by atoms with van der Waals surface area (Å²) in [6.45, 7) is 0. The van der Waals surface area contributed by atoms with Crippen molar-refractivity contribution in [3.8, 4) is 0 Å². The first-order valence-corrected chi connectivity index (χ1v) is 4.60. The summed E-state index contributed by atoms with van der Waals surface area (Å²) >= 11 is 0. The number of carboxylic acids is 1. The number of nitrogens with zero attached hydrogens (tertiary/aromatic N) is 1. The molecule has 0 saturated carbocycles. The van der Waals surface area contributed by atoms with Crippen molar-refractivity contribution in [1.82, 2.24) is 0 Å². The molecule has 0 fully saturated rings. The molecule has 0 aliphatic heterocycles. The molecule has 16 heavy (non-hydrogen) atoms. The molecule has 0 radical (unpaired) electrons. The SMILES string of the molecule is O=C(O)C(O)C(Cc1ccccc1)[N+](=O)[O-]. The zero-order chi connectivity index (χ0) is 12.1. The van der Waals surface area contributed by atoms with E-state index in [2.05, 4.69) is 0 Å². The van der Waals surface area contributed by atoms with Crippen LogP contribution in [0.15, 0.2) is 30.3 Å². The van der Waals surface area contributed by atoms with E-state index in [9.17, 15) is 20.0 Å². The Morgan fingerprint density at radius 3 is 2.38 bits per heavy atom. The predicted molar refractivity (Wildman–Crippen MR) is 54.6 cm³/mol. The molecule has 1 aromatic rings. The van der Waals surface area contributed by atoms with Gasteiger partial charge in [-0.1, -0.05) is 30.3 Å². The second kappa shape index (κ2) is 5.22. The van der Waals surface area contributed by atoms with E-state index < -0.39 is 23.0 Å². The zero-order valence-electron chi connectivity index (χ0n) is 8.31. The summed E-state index contributed by atoms with van der Waals surface area (Å²) in [5.74, 6) is -1.59. The van der Waals surface area contributed by atoms with Crippen molar-refractivity contribution in [3.05, 3.63) is 46.0 Å². The largest absolute Gasteiger partial charge is 0.479 e. The Morgan fingerprint density at radius 1 is 1.38 bits per heavy atom. The van der Waals surface area contributed by atoms with Gasteiger partial charge in [-0.15, -0.1) is 0 Å². The lowest BCUT2D eigenvalue weighted by Crippen LogP contribution is -2.41. The van der Waals surface area contributed by atoms with Gasteiger partial charge in [0.15, 0.2) is 0 Å². The molecule has 0 aliphatic carbocycles. The van der Waals surface area contributed by atoms with E-state index in [1.54, 1.807) is 30.3 Å². The average molecular weight is 225 g/mol. The molecule has 1 rings (SSSR count). The van der Waals surface area contributed by atoms with Gasteiger partial charge in [0, 0.05) is 11.3 Å². The van der Waals surface area contributed by atoms with E-state index in [-0.39, 0.29) is 6.42 Å². The molecule has 86 valence electrons. The Balaban J connectivity index is 2.81. The van der Waals surface area contributed by atoms with Crippen molar-refractivity contribution in [2.45, 2.75) is 18.6 Å². The number of benzene rings is 1. The predicted octanol–water partition coefficient (Wildman–Crippen LogP) is 0.320. The summed E-state index contributed by atoms with van der Waals surface area (Å²) in [6, 6.07) is 6.90. The molecule has 0 amide bonds. The number of aliphatic carboxylic acids is 1. The fourth-order valence-electron chi connectivity index (χ4n) is 1.32. The van der Waals surface area contributed by atoms with Crippen LogP contribution >= 0.6 is 0 Å². The highest BCUT2D eigenvalue weighted by Crippen LogP contribution is 2.09. The first-order valence-electron chi connectivity index (χ1n) is 4.60. The van der Waals surface area contributed by atoms with Crippen LogP contribution in [0.1, 0.15) is 5.56 Å². The third-order valence-corrected chi connectivity index (χ3v) is 2.18. The molecule has 6 heteroatoms.